The molecule has 0 bridgehead atoms. The van der Waals surface area contributed by atoms with Crippen molar-refractivity contribution < 1.29 is 18.0 Å². The minimum Gasteiger partial charge on any atom is -0.355 e. The number of hydrogen-bond donors (Lipinski definition) is 1. The molecular weight excluding hydrogens is 577 g/mol. The van der Waals surface area contributed by atoms with Gasteiger partial charge in [-0.25, -0.2) is 8.42 Å². The van der Waals surface area contributed by atoms with Crippen LogP contribution in [0.3, 0.4) is 0 Å². The van der Waals surface area contributed by atoms with Gasteiger partial charge in [0.1, 0.15) is 12.6 Å². The van der Waals surface area contributed by atoms with Gasteiger partial charge in [0, 0.05) is 33.6 Å². The topological polar surface area (TPSA) is 86.8 Å². The van der Waals surface area contributed by atoms with E-state index in [0.717, 1.165) is 14.8 Å². The molecule has 39 heavy (non-hydrogen) atoms. The van der Waals surface area contributed by atoms with E-state index in [-0.39, 0.29) is 17.3 Å². The summed E-state index contributed by atoms with van der Waals surface area (Å²) in [6.45, 7) is 4.99. The van der Waals surface area contributed by atoms with Crippen LogP contribution in [-0.4, -0.2) is 50.5 Å². The second-order valence-corrected chi connectivity index (χ2v) is 12.4. The molecular formula is C28H31Cl2N3O4S2. The summed E-state index contributed by atoms with van der Waals surface area (Å²) in [6.07, 6.45) is 1.90. The van der Waals surface area contributed by atoms with E-state index in [1.165, 1.54) is 28.8 Å². The quantitative estimate of drug-likeness (QED) is 0.279. The van der Waals surface area contributed by atoms with Gasteiger partial charge < -0.3 is 10.2 Å². The van der Waals surface area contributed by atoms with Gasteiger partial charge in [0.25, 0.3) is 10.0 Å². The summed E-state index contributed by atoms with van der Waals surface area (Å²) in [5.74, 6) is -0.971. The molecule has 0 saturated heterocycles. The monoisotopic (exact) mass is 607 g/mol. The molecule has 0 fully saturated rings. The zero-order valence-electron chi connectivity index (χ0n) is 22.1. The van der Waals surface area contributed by atoms with Crippen LogP contribution in [0.1, 0.15) is 25.0 Å². The summed E-state index contributed by atoms with van der Waals surface area (Å²) < 4.78 is 28.8. The molecule has 0 saturated carbocycles. The van der Waals surface area contributed by atoms with Crippen LogP contribution in [0.5, 0.6) is 0 Å². The van der Waals surface area contributed by atoms with Crippen molar-refractivity contribution >= 4 is 62.5 Å². The van der Waals surface area contributed by atoms with Crippen LogP contribution in [0.15, 0.2) is 76.5 Å². The fraction of sp³-hybridized carbons (Fsp3) is 0.286. The number of benzene rings is 3. The van der Waals surface area contributed by atoms with Crippen molar-refractivity contribution in [3.05, 3.63) is 87.9 Å². The molecule has 1 unspecified atom stereocenters. The SMILES string of the molecule is CCNC(=O)C(C)N(Cc1c(Cl)cccc1Cl)C(=O)CN(c1ccc(C)cc1)S(=O)(=O)c1ccc(SC)cc1. The minimum absolute atomic E-state index is 0.0474. The normalized spacial score (nSPS) is 12.1. The third-order valence-corrected chi connectivity index (χ3v) is 9.40. The summed E-state index contributed by atoms with van der Waals surface area (Å²) >= 11 is 14.3. The van der Waals surface area contributed by atoms with Crippen LogP contribution in [0.25, 0.3) is 0 Å². The van der Waals surface area contributed by atoms with Crippen LogP contribution in [-0.2, 0) is 26.2 Å². The van der Waals surface area contributed by atoms with E-state index in [0.29, 0.717) is 27.8 Å². The molecule has 208 valence electrons. The summed E-state index contributed by atoms with van der Waals surface area (Å²) in [7, 11) is -4.14. The third-order valence-electron chi connectivity index (χ3n) is 6.16. The van der Waals surface area contributed by atoms with Crippen LogP contribution in [0, 0.1) is 6.92 Å². The fourth-order valence-corrected chi connectivity index (χ4v) is 6.21. The summed E-state index contributed by atoms with van der Waals surface area (Å²) in [5, 5.41) is 3.39. The Bertz CT molecular complexity index is 1400. The highest BCUT2D eigenvalue weighted by Gasteiger charge is 2.33. The smallest absolute Gasteiger partial charge is 0.264 e. The van der Waals surface area contributed by atoms with Gasteiger partial charge in [-0.15, -0.1) is 11.8 Å². The highest BCUT2D eigenvalue weighted by atomic mass is 35.5. The average molecular weight is 609 g/mol. The van der Waals surface area contributed by atoms with Gasteiger partial charge >= 0.3 is 0 Å². The number of amides is 2. The number of rotatable bonds is 11. The number of likely N-dealkylation sites (N-methyl/N-ethyl adjacent to an activating group) is 1. The standard InChI is InChI=1S/C28H31Cl2N3O4S2/c1-5-31-28(35)20(3)32(17-24-25(29)7-6-8-26(24)30)27(34)18-33(21-11-9-19(2)10-12-21)39(36,37)23-15-13-22(38-4)14-16-23/h6-16,20H,5,17-18H2,1-4H3,(H,31,35). The minimum atomic E-state index is -4.14. The molecule has 0 heterocycles. The Morgan fingerprint density at radius 2 is 1.56 bits per heavy atom. The first kappa shape index (κ1) is 30.8. The lowest BCUT2D eigenvalue weighted by molar-refractivity contribution is -0.139. The third kappa shape index (κ3) is 7.48. The Hall–Kier alpha value is -2.72. The Kier molecular flexibility index (Phi) is 10.7. The molecule has 0 aliphatic heterocycles. The lowest BCUT2D eigenvalue weighted by Crippen LogP contribution is -2.51. The first-order valence-electron chi connectivity index (χ1n) is 12.2. The second-order valence-electron chi connectivity index (χ2n) is 8.82. The number of nitrogens with one attached hydrogen (secondary N) is 1. The van der Waals surface area contributed by atoms with Crippen molar-refractivity contribution in [1.29, 1.82) is 0 Å². The summed E-state index contributed by atoms with van der Waals surface area (Å²) in [6, 6.07) is 17.4. The maximum absolute atomic E-state index is 13.9. The van der Waals surface area contributed by atoms with Crippen molar-refractivity contribution in [2.75, 3.05) is 23.7 Å². The molecule has 1 atom stereocenters. The Balaban J connectivity index is 2.06. The molecule has 0 spiro atoms. The van der Waals surface area contributed by atoms with Gasteiger partial charge in [0.2, 0.25) is 11.8 Å². The first-order chi connectivity index (χ1) is 18.5. The Morgan fingerprint density at radius 3 is 2.10 bits per heavy atom. The van der Waals surface area contributed by atoms with E-state index < -0.39 is 28.5 Å². The molecule has 0 aliphatic carbocycles. The van der Waals surface area contributed by atoms with Crippen molar-refractivity contribution in [2.24, 2.45) is 0 Å². The van der Waals surface area contributed by atoms with Crippen LogP contribution < -0.4 is 9.62 Å². The van der Waals surface area contributed by atoms with E-state index in [4.69, 9.17) is 23.2 Å². The molecule has 7 nitrogen and oxygen atoms in total. The summed E-state index contributed by atoms with van der Waals surface area (Å²) in [5.41, 5.74) is 1.72. The number of halogens is 2. The lowest BCUT2D eigenvalue weighted by Gasteiger charge is -2.32. The summed E-state index contributed by atoms with van der Waals surface area (Å²) in [4.78, 5) is 29.0. The van der Waals surface area contributed by atoms with Crippen LogP contribution in [0.2, 0.25) is 10.0 Å². The van der Waals surface area contributed by atoms with E-state index in [9.17, 15) is 18.0 Å². The highest BCUT2D eigenvalue weighted by molar-refractivity contribution is 7.98. The lowest BCUT2D eigenvalue weighted by atomic mass is 10.1. The molecule has 0 aromatic heterocycles. The molecule has 2 amide bonds. The predicted octanol–water partition coefficient (Wildman–Crippen LogP) is 5.77. The molecule has 3 rings (SSSR count). The zero-order chi connectivity index (χ0) is 28.7. The molecule has 0 radical (unpaired) electrons. The van der Waals surface area contributed by atoms with E-state index >= 15 is 0 Å². The molecule has 11 heteroatoms. The van der Waals surface area contributed by atoms with Gasteiger partial charge in [-0.1, -0.05) is 47.0 Å². The zero-order valence-corrected chi connectivity index (χ0v) is 25.3. The number of sulfonamides is 1. The number of thioether (sulfide) groups is 1. The van der Waals surface area contributed by atoms with Gasteiger partial charge in [0.15, 0.2) is 0 Å². The second kappa shape index (κ2) is 13.6. The number of carbonyl (C=O) groups is 2. The molecule has 3 aromatic rings. The Labute approximate surface area is 244 Å². The number of nitrogens with zero attached hydrogens (tertiary/aromatic N) is 2. The van der Waals surface area contributed by atoms with E-state index in [1.54, 1.807) is 68.4 Å². The van der Waals surface area contributed by atoms with Crippen molar-refractivity contribution in [1.82, 2.24) is 10.2 Å². The largest absolute Gasteiger partial charge is 0.355 e. The van der Waals surface area contributed by atoms with Crippen LogP contribution >= 0.6 is 35.0 Å². The maximum Gasteiger partial charge on any atom is 0.264 e. The fourth-order valence-electron chi connectivity index (χ4n) is 3.87. The van der Waals surface area contributed by atoms with Crippen LogP contribution in [0.4, 0.5) is 5.69 Å². The molecule has 1 N–H and O–H groups in total. The maximum atomic E-state index is 13.9. The van der Waals surface area contributed by atoms with E-state index in [1.807, 2.05) is 13.2 Å². The molecule has 0 aliphatic rings. The highest BCUT2D eigenvalue weighted by Crippen LogP contribution is 2.29. The first-order valence-corrected chi connectivity index (χ1v) is 15.6. The average Bonchev–Trinajstić information content (AvgIpc) is 2.92. The molecule has 3 aromatic carbocycles. The number of aryl methyl sites for hydroxylation is 1. The number of hydrogen-bond acceptors (Lipinski definition) is 5. The van der Waals surface area contributed by atoms with E-state index in [2.05, 4.69) is 5.32 Å². The van der Waals surface area contributed by atoms with Crippen molar-refractivity contribution in [3.8, 4) is 0 Å². The number of anilines is 1. The van der Waals surface area contributed by atoms with Crippen molar-refractivity contribution in [2.45, 2.75) is 43.1 Å². The van der Waals surface area contributed by atoms with Gasteiger partial charge in [-0.2, -0.15) is 0 Å². The van der Waals surface area contributed by atoms with Gasteiger partial charge in [0.05, 0.1) is 10.6 Å². The van der Waals surface area contributed by atoms with Gasteiger partial charge in [-0.05, 0) is 75.6 Å². The van der Waals surface area contributed by atoms with Crippen molar-refractivity contribution in [3.63, 3.8) is 0 Å². The predicted molar refractivity (Wildman–Crippen MR) is 159 cm³/mol. The Morgan fingerprint density at radius 1 is 0.974 bits per heavy atom. The number of carbonyl (C=O) groups excluding carboxylic acids is 2. The van der Waals surface area contributed by atoms with Gasteiger partial charge in [-0.3, -0.25) is 13.9 Å².